The summed E-state index contributed by atoms with van der Waals surface area (Å²) >= 11 is 1.29. The highest BCUT2D eigenvalue weighted by molar-refractivity contribution is 8.16. The molecule has 0 fully saturated rings. The second kappa shape index (κ2) is 10.8. The van der Waals surface area contributed by atoms with Crippen molar-refractivity contribution < 1.29 is 27.5 Å². The summed E-state index contributed by atoms with van der Waals surface area (Å²) in [4.78, 5) is 32.5. The van der Waals surface area contributed by atoms with Gasteiger partial charge < -0.3 is 15.0 Å². The summed E-state index contributed by atoms with van der Waals surface area (Å²) < 4.78 is 45.3. The first-order valence-electron chi connectivity index (χ1n) is 11.8. The summed E-state index contributed by atoms with van der Waals surface area (Å²) in [6.07, 6.45) is -4.49. The normalized spacial score (nSPS) is 17.4. The zero-order valence-electron chi connectivity index (χ0n) is 20.5. The minimum absolute atomic E-state index is 0.0120. The Kier molecular flexibility index (Phi) is 7.77. The highest BCUT2D eigenvalue weighted by atomic mass is 32.2. The molecular weight excluding hydrogens is 503 g/mol. The second-order valence-corrected chi connectivity index (χ2v) is 9.60. The SMILES string of the molecule is CCOC(=O)C1=C(c2ccccc2)N=C2SC=C(CC(=O)NC(C)C)N2[C@H]1c1ccc(C(F)(F)F)cc1. The van der Waals surface area contributed by atoms with Crippen molar-refractivity contribution in [1.82, 2.24) is 10.2 Å². The topological polar surface area (TPSA) is 71.0 Å². The van der Waals surface area contributed by atoms with Crippen LogP contribution in [0.5, 0.6) is 0 Å². The van der Waals surface area contributed by atoms with Crippen molar-refractivity contribution in [2.45, 2.75) is 45.5 Å². The van der Waals surface area contributed by atoms with Crippen molar-refractivity contribution in [3.05, 3.63) is 88.0 Å². The fourth-order valence-corrected chi connectivity index (χ4v) is 5.11. The summed E-state index contributed by atoms with van der Waals surface area (Å²) in [5.41, 5.74) is 1.46. The van der Waals surface area contributed by atoms with E-state index in [2.05, 4.69) is 5.32 Å². The van der Waals surface area contributed by atoms with Gasteiger partial charge in [0.05, 0.1) is 35.9 Å². The molecule has 2 aliphatic rings. The Morgan fingerprint density at radius 2 is 1.78 bits per heavy atom. The van der Waals surface area contributed by atoms with Gasteiger partial charge in [-0.05, 0) is 43.9 Å². The summed E-state index contributed by atoms with van der Waals surface area (Å²) in [7, 11) is 0. The van der Waals surface area contributed by atoms with Crippen LogP contribution < -0.4 is 5.32 Å². The van der Waals surface area contributed by atoms with Gasteiger partial charge in [0.15, 0.2) is 5.17 Å². The smallest absolute Gasteiger partial charge is 0.416 e. The van der Waals surface area contributed by atoms with Gasteiger partial charge in [0.25, 0.3) is 0 Å². The van der Waals surface area contributed by atoms with E-state index in [1.54, 1.807) is 17.2 Å². The third-order valence-corrected chi connectivity index (χ3v) is 6.59. The number of nitrogens with zero attached hydrogens (tertiary/aromatic N) is 2. The van der Waals surface area contributed by atoms with Gasteiger partial charge in [-0.15, -0.1) is 0 Å². The lowest BCUT2D eigenvalue weighted by Crippen LogP contribution is -2.38. The lowest BCUT2D eigenvalue weighted by Gasteiger charge is -2.37. The molecule has 4 rings (SSSR count). The van der Waals surface area contributed by atoms with E-state index < -0.39 is 23.8 Å². The highest BCUT2D eigenvalue weighted by Crippen LogP contribution is 2.47. The fraction of sp³-hybridized carbons (Fsp3) is 0.296. The molecule has 0 saturated heterocycles. The predicted molar refractivity (Wildman–Crippen MR) is 137 cm³/mol. The van der Waals surface area contributed by atoms with Crippen LogP contribution in [0.4, 0.5) is 13.2 Å². The number of thioether (sulfide) groups is 1. The second-order valence-electron chi connectivity index (χ2n) is 8.76. The molecule has 37 heavy (non-hydrogen) atoms. The van der Waals surface area contributed by atoms with E-state index in [4.69, 9.17) is 9.73 Å². The van der Waals surface area contributed by atoms with Crippen LogP contribution in [0.3, 0.4) is 0 Å². The van der Waals surface area contributed by atoms with E-state index in [-0.39, 0.29) is 30.5 Å². The van der Waals surface area contributed by atoms with E-state index in [0.717, 1.165) is 12.1 Å². The van der Waals surface area contributed by atoms with Crippen LogP contribution in [0.25, 0.3) is 5.70 Å². The highest BCUT2D eigenvalue weighted by Gasteiger charge is 2.42. The van der Waals surface area contributed by atoms with Crippen LogP contribution in [0.1, 0.15) is 49.9 Å². The number of benzene rings is 2. The van der Waals surface area contributed by atoms with Gasteiger partial charge in [-0.25, -0.2) is 9.79 Å². The maximum atomic E-state index is 13.4. The zero-order chi connectivity index (χ0) is 26.7. The van der Waals surface area contributed by atoms with Gasteiger partial charge >= 0.3 is 12.1 Å². The molecule has 2 aromatic rings. The molecule has 0 bridgehead atoms. The average Bonchev–Trinajstić information content (AvgIpc) is 3.24. The van der Waals surface area contributed by atoms with Crippen molar-refractivity contribution in [1.29, 1.82) is 0 Å². The molecule has 1 atom stereocenters. The predicted octanol–water partition coefficient (Wildman–Crippen LogP) is 5.90. The Hall–Kier alpha value is -3.53. The lowest BCUT2D eigenvalue weighted by molar-refractivity contribution is -0.139. The van der Waals surface area contributed by atoms with Crippen molar-refractivity contribution in [2.24, 2.45) is 4.99 Å². The Bertz CT molecular complexity index is 1270. The van der Waals surface area contributed by atoms with Gasteiger partial charge in [-0.3, -0.25) is 4.79 Å². The molecule has 0 saturated carbocycles. The number of halogens is 3. The number of hydrogen-bond acceptors (Lipinski definition) is 6. The monoisotopic (exact) mass is 529 g/mol. The fourth-order valence-electron chi connectivity index (χ4n) is 4.20. The molecule has 194 valence electrons. The lowest BCUT2D eigenvalue weighted by atomic mass is 9.91. The van der Waals surface area contributed by atoms with Gasteiger partial charge in [-0.1, -0.05) is 54.2 Å². The Morgan fingerprint density at radius 1 is 1.11 bits per heavy atom. The van der Waals surface area contributed by atoms with Crippen LogP contribution in [0.2, 0.25) is 0 Å². The van der Waals surface area contributed by atoms with Gasteiger partial charge in [-0.2, -0.15) is 13.2 Å². The Morgan fingerprint density at radius 3 is 2.38 bits per heavy atom. The molecule has 6 nitrogen and oxygen atoms in total. The van der Waals surface area contributed by atoms with E-state index in [1.165, 1.54) is 23.9 Å². The van der Waals surface area contributed by atoms with E-state index in [9.17, 15) is 22.8 Å². The van der Waals surface area contributed by atoms with E-state index in [1.807, 2.05) is 44.2 Å². The summed E-state index contributed by atoms with van der Waals surface area (Å²) in [5, 5.41) is 5.15. The molecule has 0 aliphatic carbocycles. The van der Waals surface area contributed by atoms with Crippen molar-refractivity contribution in [2.75, 3.05) is 6.61 Å². The molecular formula is C27H26F3N3O3S. The average molecular weight is 530 g/mol. The zero-order valence-corrected chi connectivity index (χ0v) is 21.3. The molecule has 1 N–H and O–H groups in total. The maximum absolute atomic E-state index is 13.4. The number of rotatable bonds is 7. The Balaban J connectivity index is 1.88. The molecule has 0 aromatic heterocycles. The van der Waals surface area contributed by atoms with Crippen LogP contribution in [0.15, 0.2) is 76.3 Å². The van der Waals surface area contributed by atoms with E-state index >= 15 is 0 Å². The van der Waals surface area contributed by atoms with Gasteiger partial charge in [0.2, 0.25) is 5.91 Å². The molecule has 1 amide bonds. The number of aliphatic imine (C=N–C) groups is 1. The quantitative estimate of drug-likeness (QED) is 0.453. The number of alkyl halides is 3. The number of esters is 1. The first-order chi connectivity index (χ1) is 17.6. The third-order valence-electron chi connectivity index (χ3n) is 5.70. The van der Waals surface area contributed by atoms with Crippen molar-refractivity contribution >= 4 is 34.5 Å². The number of nitrogens with one attached hydrogen (secondary N) is 1. The standard InChI is InChI=1S/C27H26F3N3O3S/c1-4-36-25(35)22-23(17-8-6-5-7-9-17)32-26-33(20(15-37-26)14-21(34)31-16(2)3)24(22)18-10-12-19(13-11-18)27(28,29)30/h5-13,15-16,24H,4,14H2,1-3H3,(H,31,34)/t24-/m0/s1. The number of ether oxygens (including phenoxy) is 1. The largest absolute Gasteiger partial charge is 0.463 e. The molecule has 0 spiro atoms. The molecule has 2 aliphatic heterocycles. The van der Waals surface area contributed by atoms with E-state index in [0.29, 0.717) is 27.7 Å². The number of carbonyl (C=O) groups excluding carboxylic acids is 2. The summed E-state index contributed by atoms with van der Waals surface area (Å²) in [5.74, 6) is -0.846. The maximum Gasteiger partial charge on any atom is 0.416 e. The van der Waals surface area contributed by atoms with Crippen LogP contribution >= 0.6 is 11.8 Å². The number of amidine groups is 1. The number of fused-ring (bicyclic) bond motifs is 1. The third kappa shape index (κ3) is 5.74. The van der Waals surface area contributed by atoms with Crippen molar-refractivity contribution in [3.8, 4) is 0 Å². The van der Waals surface area contributed by atoms with Gasteiger partial charge in [0.1, 0.15) is 0 Å². The number of amides is 1. The Labute approximate surface area is 217 Å². The summed E-state index contributed by atoms with van der Waals surface area (Å²) in [6.45, 7) is 5.48. The number of hydrogen-bond donors (Lipinski definition) is 1. The van der Waals surface area contributed by atoms with Crippen LogP contribution in [-0.4, -0.2) is 34.6 Å². The van der Waals surface area contributed by atoms with Crippen LogP contribution in [0, 0.1) is 0 Å². The minimum atomic E-state index is -4.50. The minimum Gasteiger partial charge on any atom is -0.463 e. The molecule has 10 heteroatoms. The van der Waals surface area contributed by atoms with Gasteiger partial charge in [0, 0.05) is 17.3 Å². The molecule has 0 radical (unpaired) electrons. The number of carbonyl (C=O) groups is 2. The van der Waals surface area contributed by atoms with Crippen LogP contribution in [-0.2, 0) is 20.5 Å². The molecule has 2 aromatic carbocycles. The van der Waals surface area contributed by atoms with Crippen molar-refractivity contribution in [3.63, 3.8) is 0 Å². The molecule has 2 heterocycles. The first kappa shape index (κ1) is 26.5. The first-order valence-corrected chi connectivity index (χ1v) is 12.6. The molecule has 0 unspecified atom stereocenters. The summed E-state index contributed by atoms with van der Waals surface area (Å²) in [6, 6.07) is 12.8.